The third-order valence-corrected chi connectivity index (χ3v) is 4.64. The van der Waals surface area contributed by atoms with Gasteiger partial charge < -0.3 is 24.6 Å². The maximum absolute atomic E-state index is 12.3. The molecule has 8 heteroatoms. The van der Waals surface area contributed by atoms with Gasteiger partial charge >= 0.3 is 6.09 Å². The topological polar surface area (TPSA) is 84.0 Å². The molecule has 0 saturated carbocycles. The zero-order chi connectivity index (χ0) is 21.7. The van der Waals surface area contributed by atoms with Crippen molar-refractivity contribution in [2.75, 3.05) is 43.5 Å². The first-order chi connectivity index (χ1) is 14.2. The van der Waals surface area contributed by atoms with Gasteiger partial charge in [-0.25, -0.2) is 9.78 Å². The Morgan fingerprint density at radius 3 is 2.20 bits per heavy atom. The van der Waals surface area contributed by atoms with Crippen LogP contribution in [0, 0.1) is 0 Å². The number of pyridine rings is 1. The number of hydrogen-bond donors (Lipinski definition) is 1. The molecule has 0 unspecified atom stereocenters. The number of ether oxygens (including phenoxy) is 2. The lowest BCUT2D eigenvalue weighted by Gasteiger charge is -2.36. The predicted octanol–water partition coefficient (Wildman–Crippen LogP) is 3.40. The van der Waals surface area contributed by atoms with E-state index in [0.717, 1.165) is 5.69 Å². The van der Waals surface area contributed by atoms with Crippen molar-refractivity contribution in [3.8, 4) is 5.75 Å². The normalized spacial score (nSPS) is 14.3. The second-order valence-electron chi connectivity index (χ2n) is 8.04. The van der Waals surface area contributed by atoms with Crippen molar-refractivity contribution in [3.63, 3.8) is 0 Å². The fourth-order valence-corrected chi connectivity index (χ4v) is 3.05. The molecule has 3 rings (SSSR count). The van der Waals surface area contributed by atoms with Crippen molar-refractivity contribution in [3.05, 3.63) is 48.2 Å². The van der Waals surface area contributed by atoms with Crippen molar-refractivity contribution < 1.29 is 19.1 Å². The number of nitrogens with one attached hydrogen (secondary N) is 1. The van der Waals surface area contributed by atoms with Crippen LogP contribution in [0.4, 0.5) is 16.3 Å². The second kappa shape index (κ2) is 9.02. The molecule has 0 spiro atoms. The summed E-state index contributed by atoms with van der Waals surface area (Å²) in [7, 11) is 1.58. The maximum Gasteiger partial charge on any atom is 0.410 e. The molecular formula is C22H28N4O4. The number of carbonyl (C=O) groups excluding carboxylic acids is 2. The van der Waals surface area contributed by atoms with E-state index in [0.29, 0.717) is 43.3 Å². The van der Waals surface area contributed by atoms with Gasteiger partial charge in [0.25, 0.3) is 5.91 Å². The van der Waals surface area contributed by atoms with Crippen molar-refractivity contribution in [2.45, 2.75) is 26.4 Å². The van der Waals surface area contributed by atoms with Gasteiger partial charge in [0.1, 0.15) is 17.2 Å². The summed E-state index contributed by atoms with van der Waals surface area (Å²) in [5.74, 6) is 0.941. The molecule has 160 valence electrons. The lowest BCUT2D eigenvalue weighted by molar-refractivity contribution is 0.0240. The van der Waals surface area contributed by atoms with Gasteiger partial charge in [-0.2, -0.15) is 0 Å². The van der Waals surface area contributed by atoms with Crippen molar-refractivity contribution >= 4 is 23.5 Å². The highest BCUT2D eigenvalue weighted by atomic mass is 16.6. The van der Waals surface area contributed by atoms with Gasteiger partial charge in [0.2, 0.25) is 0 Å². The van der Waals surface area contributed by atoms with E-state index in [2.05, 4.69) is 15.2 Å². The Morgan fingerprint density at radius 2 is 1.67 bits per heavy atom. The van der Waals surface area contributed by atoms with Gasteiger partial charge in [0, 0.05) is 31.7 Å². The van der Waals surface area contributed by atoms with Gasteiger partial charge in [0.15, 0.2) is 0 Å². The number of hydrogen-bond acceptors (Lipinski definition) is 6. The number of rotatable bonds is 4. The molecule has 2 amide bonds. The minimum Gasteiger partial charge on any atom is -0.497 e. The number of aromatic nitrogens is 1. The molecule has 0 aliphatic carbocycles. The standard InChI is InChI=1S/C22H28N4O4/c1-22(2,3)30-21(28)26-13-11-25(12-14-26)17-7-10-19(23-15-17)24-20(27)16-5-8-18(29-4)9-6-16/h5-10,15H,11-14H2,1-4H3,(H,23,24,27). The Morgan fingerprint density at radius 1 is 1.00 bits per heavy atom. The summed E-state index contributed by atoms with van der Waals surface area (Å²) in [5.41, 5.74) is 0.978. The predicted molar refractivity (Wildman–Crippen MR) is 115 cm³/mol. The van der Waals surface area contributed by atoms with Gasteiger partial charge in [0.05, 0.1) is 19.0 Å². The molecule has 1 fully saturated rings. The van der Waals surface area contributed by atoms with Gasteiger partial charge in [-0.1, -0.05) is 0 Å². The Labute approximate surface area is 176 Å². The quantitative estimate of drug-likeness (QED) is 0.829. The van der Waals surface area contributed by atoms with E-state index in [1.807, 2.05) is 26.8 Å². The molecule has 1 N–H and O–H groups in total. The van der Waals surface area contributed by atoms with Crippen LogP contribution in [0.5, 0.6) is 5.75 Å². The molecule has 2 aromatic rings. The lowest BCUT2D eigenvalue weighted by atomic mass is 10.2. The van der Waals surface area contributed by atoms with Crippen LogP contribution < -0.4 is 15.0 Å². The first-order valence-electron chi connectivity index (χ1n) is 9.89. The SMILES string of the molecule is COc1ccc(C(=O)Nc2ccc(N3CCN(C(=O)OC(C)(C)C)CC3)cn2)cc1. The summed E-state index contributed by atoms with van der Waals surface area (Å²) in [5, 5.41) is 2.79. The maximum atomic E-state index is 12.3. The molecule has 1 saturated heterocycles. The Balaban J connectivity index is 1.53. The molecule has 1 aromatic carbocycles. The molecular weight excluding hydrogens is 384 g/mol. The van der Waals surface area contributed by atoms with Gasteiger partial charge in [-0.3, -0.25) is 4.79 Å². The van der Waals surface area contributed by atoms with Gasteiger partial charge in [-0.05, 0) is 57.2 Å². The fourth-order valence-electron chi connectivity index (χ4n) is 3.05. The van der Waals surface area contributed by atoms with Crippen LogP contribution in [0.15, 0.2) is 42.6 Å². The third-order valence-electron chi connectivity index (χ3n) is 4.64. The highest BCUT2D eigenvalue weighted by Crippen LogP contribution is 2.19. The number of piperazine rings is 1. The summed E-state index contributed by atoms with van der Waals surface area (Å²) in [4.78, 5) is 32.8. The molecule has 0 atom stereocenters. The highest BCUT2D eigenvalue weighted by Gasteiger charge is 2.26. The minimum atomic E-state index is -0.496. The van der Waals surface area contributed by atoms with Crippen molar-refractivity contribution in [1.82, 2.24) is 9.88 Å². The van der Waals surface area contributed by atoms with Crippen LogP contribution in [0.25, 0.3) is 0 Å². The lowest BCUT2D eigenvalue weighted by Crippen LogP contribution is -2.50. The Kier molecular flexibility index (Phi) is 6.44. The summed E-state index contributed by atoms with van der Waals surface area (Å²) in [6, 6.07) is 10.6. The molecule has 1 aliphatic heterocycles. The van der Waals surface area contributed by atoms with Crippen LogP contribution in [0.1, 0.15) is 31.1 Å². The zero-order valence-corrected chi connectivity index (χ0v) is 17.8. The fraction of sp³-hybridized carbons (Fsp3) is 0.409. The second-order valence-corrected chi connectivity index (χ2v) is 8.04. The largest absolute Gasteiger partial charge is 0.497 e. The summed E-state index contributed by atoms with van der Waals surface area (Å²) < 4.78 is 10.5. The van der Waals surface area contributed by atoms with E-state index in [-0.39, 0.29) is 12.0 Å². The molecule has 30 heavy (non-hydrogen) atoms. The van der Waals surface area contributed by atoms with Crippen LogP contribution in [-0.4, -0.2) is 60.8 Å². The average molecular weight is 412 g/mol. The zero-order valence-electron chi connectivity index (χ0n) is 17.8. The Hall–Kier alpha value is -3.29. The van der Waals surface area contributed by atoms with E-state index in [1.54, 1.807) is 48.5 Å². The van der Waals surface area contributed by atoms with Crippen LogP contribution in [0.2, 0.25) is 0 Å². The number of nitrogens with zero attached hydrogens (tertiary/aromatic N) is 3. The van der Waals surface area contributed by atoms with E-state index < -0.39 is 5.60 Å². The molecule has 0 radical (unpaired) electrons. The highest BCUT2D eigenvalue weighted by molar-refractivity contribution is 6.03. The number of benzene rings is 1. The van der Waals surface area contributed by atoms with Crippen molar-refractivity contribution in [2.24, 2.45) is 0 Å². The summed E-state index contributed by atoms with van der Waals surface area (Å²) in [6.07, 6.45) is 1.45. The minimum absolute atomic E-state index is 0.233. The first-order valence-corrected chi connectivity index (χ1v) is 9.89. The van der Waals surface area contributed by atoms with Crippen molar-refractivity contribution in [1.29, 1.82) is 0 Å². The molecule has 1 aliphatic rings. The molecule has 1 aromatic heterocycles. The molecule has 8 nitrogen and oxygen atoms in total. The smallest absolute Gasteiger partial charge is 0.410 e. The number of anilines is 2. The summed E-state index contributed by atoms with van der Waals surface area (Å²) >= 11 is 0. The van der Waals surface area contributed by atoms with E-state index in [9.17, 15) is 9.59 Å². The third kappa shape index (κ3) is 5.62. The van der Waals surface area contributed by atoms with E-state index >= 15 is 0 Å². The monoisotopic (exact) mass is 412 g/mol. The number of carbonyl (C=O) groups is 2. The number of amides is 2. The van der Waals surface area contributed by atoms with Gasteiger partial charge in [-0.15, -0.1) is 0 Å². The van der Waals surface area contributed by atoms with E-state index in [4.69, 9.17) is 9.47 Å². The average Bonchev–Trinajstić information content (AvgIpc) is 2.73. The number of methoxy groups -OCH3 is 1. The van der Waals surface area contributed by atoms with Crippen LogP contribution >= 0.6 is 0 Å². The molecule has 0 bridgehead atoms. The first kappa shape index (κ1) is 21.4. The summed E-state index contributed by atoms with van der Waals surface area (Å²) in [6.45, 7) is 8.15. The van der Waals surface area contributed by atoms with Crippen LogP contribution in [0.3, 0.4) is 0 Å². The van der Waals surface area contributed by atoms with Crippen LogP contribution in [-0.2, 0) is 4.74 Å². The molecule has 2 heterocycles. The van der Waals surface area contributed by atoms with E-state index in [1.165, 1.54) is 0 Å². The Bertz CT molecular complexity index is 868.